The summed E-state index contributed by atoms with van der Waals surface area (Å²) in [5, 5.41) is 0. The molecule has 1 aromatic heterocycles. The summed E-state index contributed by atoms with van der Waals surface area (Å²) in [7, 11) is 0. The number of aromatic nitrogens is 1. The van der Waals surface area contributed by atoms with Crippen LogP contribution < -0.4 is 0 Å². The maximum atomic E-state index is 5.80. The second-order valence-electron chi connectivity index (χ2n) is 3.85. The molecule has 1 unspecified atom stereocenters. The SMILES string of the molecule is ClCC1CN(Cc2ccc(Br)cn2)CCO1. The van der Waals surface area contributed by atoms with E-state index in [1.807, 2.05) is 18.3 Å². The van der Waals surface area contributed by atoms with Crippen molar-refractivity contribution in [3.63, 3.8) is 0 Å². The predicted molar refractivity (Wildman–Crippen MR) is 67.7 cm³/mol. The van der Waals surface area contributed by atoms with Gasteiger partial charge in [0.2, 0.25) is 0 Å². The Morgan fingerprint density at radius 2 is 2.44 bits per heavy atom. The van der Waals surface area contributed by atoms with Gasteiger partial charge in [-0.25, -0.2) is 0 Å². The number of hydrogen-bond donors (Lipinski definition) is 0. The van der Waals surface area contributed by atoms with Crippen LogP contribution in [0.5, 0.6) is 0 Å². The van der Waals surface area contributed by atoms with Crippen LogP contribution in [0, 0.1) is 0 Å². The molecule has 5 heteroatoms. The highest BCUT2D eigenvalue weighted by atomic mass is 79.9. The van der Waals surface area contributed by atoms with E-state index in [0.29, 0.717) is 5.88 Å². The van der Waals surface area contributed by atoms with Crippen molar-refractivity contribution in [2.24, 2.45) is 0 Å². The van der Waals surface area contributed by atoms with Gasteiger partial charge in [0.05, 0.1) is 18.4 Å². The molecule has 1 saturated heterocycles. The summed E-state index contributed by atoms with van der Waals surface area (Å²) in [4.78, 5) is 6.69. The summed E-state index contributed by atoms with van der Waals surface area (Å²) in [6.45, 7) is 3.46. The first kappa shape index (κ1) is 12.3. The molecule has 0 aromatic carbocycles. The largest absolute Gasteiger partial charge is 0.374 e. The lowest BCUT2D eigenvalue weighted by Crippen LogP contribution is -2.42. The van der Waals surface area contributed by atoms with Crippen LogP contribution in [-0.4, -0.2) is 41.6 Å². The van der Waals surface area contributed by atoms with E-state index in [1.165, 1.54) is 0 Å². The highest BCUT2D eigenvalue weighted by molar-refractivity contribution is 9.10. The fourth-order valence-corrected chi connectivity index (χ4v) is 2.17. The van der Waals surface area contributed by atoms with Crippen LogP contribution in [-0.2, 0) is 11.3 Å². The highest BCUT2D eigenvalue weighted by Gasteiger charge is 2.19. The molecule has 16 heavy (non-hydrogen) atoms. The number of rotatable bonds is 3. The summed E-state index contributed by atoms with van der Waals surface area (Å²) < 4.78 is 6.52. The highest BCUT2D eigenvalue weighted by Crippen LogP contribution is 2.12. The van der Waals surface area contributed by atoms with Crippen molar-refractivity contribution < 1.29 is 4.74 Å². The maximum Gasteiger partial charge on any atom is 0.0837 e. The molecule has 1 aromatic rings. The van der Waals surface area contributed by atoms with Gasteiger partial charge in [-0.1, -0.05) is 0 Å². The summed E-state index contributed by atoms with van der Waals surface area (Å²) in [5.74, 6) is 0.560. The Morgan fingerprint density at radius 1 is 1.56 bits per heavy atom. The summed E-state index contributed by atoms with van der Waals surface area (Å²) in [5.41, 5.74) is 1.08. The van der Waals surface area contributed by atoms with Gasteiger partial charge >= 0.3 is 0 Å². The Kier molecular flexibility index (Phi) is 4.58. The van der Waals surface area contributed by atoms with E-state index in [4.69, 9.17) is 16.3 Å². The first-order chi connectivity index (χ1) is 7.78. The van der Waals surface area contributed by atoms with E-state index in [9.17, 15) is 0 Å². The monoisotopic (exact) mass is 304 g/mol. The molecular weight excluding hydrogens is 291 g/mol. The van der Waals surface area contributed by atoms with Gasteiger partial charge in [0.15, 0.2) is 0 Å². The van der Waals surface area contributed by atoms with Crippen molar-refractivity contribution in [3.8, 4) is 0 Å². The van der Waals surface area contributed by atoms with E-state index in [2.05, 4.69) is 25.8 Å². The third-order valence-electron chi connectivity index (χ3n) is 2.57. The molecular formula is C11H14BrClN2O. The van der Waals surface area contributed by atoms with Crippen LogP contribution in [0.2, 0.25) is 0 Å². The minimum Gasteiger partial charge on any atom is -0.374 e. The van der Waals surface area contributed by atoms with Crippen molar-refractivity contribution in [2.45, 2.75) is 12.6 Å². The molecule has 2 heterocycles. The fraction of sp³-hybridized carbons (Fsp3) is 0.545. The molecule has 1 fully saturated rings. The van der Waals surface area contributed by atoms with Crippen molar-refractivity contribution in [1.29, 1.82) is 0 Å². The summed E-state index contributed by atoms with van der Waals surface area (Å²) in [6.07, 6.45) is 1.99. The standard InChI is InChI=1S/C11H14BrClN2O/c12-9-1-2-10(14-6-9)7-15-3-4-16-11(5-13)8-15/h1-2,6,11H,3-5,7-8H2. The van der Waals surface area contributed by atoms with Crippen LogP contribution in [0.1, 0.15) is 5.69 Å². The summed E-state index contributed by atoms with van der Waals surface area (Å²) in [6, 6.07) is 4.05. The second-order valence-corrected chi connectivity index (χ2v) is 5.07. The smallest absolute Gasteiger partial charge is 0.0837 e. The number of pyridine rings is 1. The lowest BCUT2D eigenvalue weighted by atomic mass is 10.2. The van der Waals surface area contributed by atoms with Gasteiger partial charge in [-0.15, -0.1) is 11.6 Å². The minimum atomic E-state index is 0.158. The maximum absolute atomic E-state index is 5.80. The molecule has 0 N–H and O–H groups in total. The van der Waals surface area contributed by atoms with Crippen molar-refractivity contribution in [3.05, 3.63) is 28.5 Å². The average molecular weight is 306 g/mol. The number of nitrogens with zero attached hydrogens (tertiary/aromatic N) is 2. The Balaban J connectivity index is 1.91. The van der Waals surface area contributed by atoms with E-state index >= 15 is 0 Å². The zero-order valence-electron chi connectivity index (χ0n) is 8.90. The van der Waals surface area contributed by atoms with Gasteiger partial charge in [-0.2, -0.15) is 0 Å². The number of morpholine rings is 1. The number of ether oxygens (including phenoxy) is 1. The van der Waals surface area contributed by atoms with E-state index < -0.39 is 0 Å². The van der Waals surface area contributed by atoms with Crippen LogP contribution in [0.15, 0.2) is 22.8 Å². The van der Waals surface area contributed by atoms with Gasteiger partial charge in [0.25, 0.3) is 0 Å². The van der Waals surface area contributed by atoms with Crippen LogP contribution in [0.25, 0.3) is 0 Å². The van der Waals surface area contributed by atoms with Gasteiger partial charge in [0, 0.05) is 36.2 Å². The number of hydrogen-bond acceptors (Lipinski definition) is 3. The van der Waals surface area contributed by atoms with Crippen LogP contribution in [0.4, 0.5) is 0 Å². The van der Waals surface area contributed by atoms with Gasteiger partial charge in [-0.05, 0) is 28.1 Å². The van der Waals surface area contributed by atoms with Crippen LogP contribution in [0.3, 0.4) is 0 Å². The van der Waals surface area contributed by atoms with Gasteiger partial charge in [0.1, 0.15) is 0 Å². The van der Waals surface area contributed by atoms with E-state index in [-0.39, 0.29) is 6.10 Å². The molecule has 0 aliphatic carbocycles. The predicted octanol–water partition coefficient (Wildman–Crippen LogP) is 2.28. The first-order valence-corrected chi connectivity index (χ1v) is 6.61. The molecule has 88 valence electrons. The quantitative estimate of drug-likeness (QED) is 0.801. The Bertz CT molecular complexity index is 333. The molecule has 2 rings (SSSR count). The van der Waals surface area contributed by atoms with Crippen molar-refractivity contribution >= 4 is 27.5 Å². The number of halogens is 2. The molecule has 0 amide bonds. The zero-order chi connectivity index (χ0) is 11.4. The van der Waals surface area contributed by atoms with Crippen molar-refractivity contribution in [1.82, 2.24) is 9.88 Å². The molecule has 1 atom stereocenters. The minimum absolute atomic E-state index is 0.158. The van der Waals surface area contributed by atoms with E-state index in [0.717, 1.165) is 36.4 Å². The van der Waals surface area contributed by atoms with Crippen LogP contribution >= 0.6 is 27.5 Å². The van der Waals surface area contributed by atoms with Gasteiger partial charge in [-0.3, -0.25) is 9.88 Å². The topological polar surface area (TPSA) is 25.4 Å². The molecule has 3 nitrogen and oxygen atoms in total. The average Bonchev–Trinajstić information content (AvgIpc) is 2.32. The third-order valence-corrected chi connectivity index (χ3v) is 3.38. The Morgan fingerprint density at radius 3 is 3.12 bits per heavy atom. The van der Waals surface area contributed by atoms with Crippen molar-refractivity contribution in [2.75, 3.05) is 25.6 Å². The lowest BCUT2D eigenvalue weighted by Gasteiger charge is -2.31. The molecule has 0 spiro atoms. The first-order valence-electron chi connectivity index (χ1n) is 5.28. The Labute approximate surface area is 109 Å². The van der Waals surface area contributed by atoms with E-state index in [1.54, 1.807) is 0 Å². The Hall–Kier alpha value is -0.160. The second kappa shape index (κ2) is 5.96. The third kappa shape index (κ3) is 3.42. The molecule has 1 aliphatic rings. The zero-order valence-corrected chi connectivity index (χ0v) is 11.2. The lowest BCUT2D eigenvalue weighted by molar-refractivity contribution is -0.0197. The van der Waals surface area contributed by atoms with Gasteiger partial charge < -0.3 is 4.74 Å². The number of alkyl halides is 1. The molecule has 0 radical (unpaired) electrons. The summed E-state index contributed by atoms with van der Waals surface area (Å²) >= 11 is 9.17. The molecule has 1 aliphatic heterocycles. The molecule has 0 bridgehead atoms. The molecule has 0 saturated carbocycles. The normalized spacial score (nSPS) is 22.2. The fourth-order valence-electron chi connectivity index (χ4n) is 1.75.